The van der Waals surface area contributed by atoms with Crippen molar-refractivity contribution >= 4 is 35.2 Å². The lowest BCUT2D eigenvalue weighted by molar-refractivity contribution is -0.113. The summed E-state index contributed by atoms with van der Waals surface area (Å²) in [5.74, 6) is -0.163. The highest BCUT2D eigenvalue weighted by molar-refractivity contribution is 7.99. The van der Waals surface area contributed by atoms with Gasteiger partial charge in [-0.3, -0.25) is 9.59 Å². The highest BCUT2D eigenvalue weighted by atomic mass is 32.2. The van der Waals surface area contributed by atoms with Crippen LogP contribution in [0.2, 0.25) is 0 Å². The first-order chi connectivity index (χ1) is 16.8. The number of nitrogens with one attached hydrogen (secondary N) is 2. The van der Waals surface area contributed by atoms with Crippen LogP contribution in [0, 0.1) is 6.92 Å². The molecule has 1 aromatic heterocycles. The van der Waals surface area contributed by atoms with Crippen LogP contribution in [0.4, 0.5) is 5.69 Å². The number of thioether (sulfide) groups is 1. The molecule has 2 amide bonds. The SMILES string of the molecule is CCOC(=O)c1cccc(NC(=O)CSc2nnc([C@H](C)NC(=O)c3cccc(C)c3)n2CC)c1. The van der Waals surface area contributed by atoms with E-state index in [9.17, 15) is 14.4 Å². The molecule has 0 saturated heterocycles. The van der Waals surface area contributed by atoms with Gasteiger partial charge in [0.1, 0.15) is 0 Å². The van der Waals surface area contributed by atoms with Crippen molar-refractivity contribution in [3.8, 4) is 0 Å². The highest BCUT2D eigenvalue weighted by Crippen LogP contribution is 2.21. The minimum absolute atomic E-state index is 0.103. The smallest absolute Gasteiger partial charge is 0.338 e. The van der Waals surface area contributed by atoms with Crippen molar-refractivity contribution < 1.29 is 19.1 Å². The van der Waals surface area contributed by atoms with Crippen molar-refractivity contribution in [2.45, 2.75) is 45.4 Å². The highest BCUT2D eigenvalue weighted by Gasteiger charge is 2.20. The van der Waals surface area contributed by atoms with Gasteiger partial charge in [0.25, 0.3) is 5.91 Å². The lowest BCUT2D eigenvalue weighted by atomic mass is 10.1. The number of nitrogens with zero attached hydrogens (tertiary/aromatic N) is 3. The average molecular weight is 496 g/mol. The van der Waals surface area contributed by atoms with Gasteiger partial charge in [-0.25, -0.2) is 4.79 Å². The van der Waals surface area contributed by atoms with Gasteiger partial charge in [-0.05, 0) is 58.0 Å². The lowest BCUT2D eigenvalue weighted by Gasteiger charge is -2.15. The lowest BCUT2D eigenvalue weighted by Crippen LogP contribution is -2.28. The zero-order chi connectivity index (χ0) is 25.4. The number of esters is 1. The summed E-state index contributed by atoms with van der Waals surface area (Å²) in [6.07, 6.45) is 0. The number of hydrogen-bond acceptors (Lipinski definition) is 7. The van der Waals surface area contributed by atoms with Crippen LogP contribution in [-0.2, 0) is 16.1 Å². The topological polar surface area (TPSA) is 115 Å². The third-order valence-electron chi connectivity index (χ3n) is 5.07. The zero-order valence-electron chi connectivity index (χ0n) is 20.2. The molecule has 2 aromatic carbocycles. The van der Waals surface area contributed by atoms with E-state index >= 15 is 0 Å². The molecule has 9 nitrogen and oxygen atoms in total. The number of rotatable bonds is 10. The van der Waals surface area contributed by atoms with E-state index in [1.54, 1.807) is 37.3 Å². The number of aryl methyl sites for hydroxylation is 1. The molecular formula is C25H29N5O4S. The Hall–Kier alpha value is -3.66. The summed E-state index contributed by atoms with van der Waals surface area (Å²) >= 11 is 1.25. The molecule has 0 aliphatic rings. The molecule has 0 fully saturated rings. The first kappa shape index (κ1) is 26.0. The molecule has 0 bridgehead atoms. The molecule has 184 valence electrons. The number of aromatic nitrogens is 3. The summed E-state index contributed by atoms with van der Waals surface area (Å²) in [6.45, 7) is 8.33. The predicted molar refractivity (Wildman–Crippen MR) is 135 cm³/mol. The summed E-state index contributed by atoms with van der Waals surface area (Å²) in [7, 11) is 0. The second kappa shape index (κ2) is 12.2. The maximum absolute atomic E-state index is 12.6. The van der Waals surface area contributed by atoms with E-state index in [2.05, 4.69) is 20.8 Å². The molecule has 1 heterocycles. The van der Waals surface area contributed by atoms with Crippen LogP contribution >= 0.6 is 11.8 Å². The molecule has 35 heavy (non-hydrogen) atoms. The van der Waals surface area contributed by atoms with Crippen molar-refractivity contribution in [2.24, 2.45) is 0 Å². The van der Waals surface area contributed by atoms with E-state index in [0.717, 1.165) is 5.56 Å². The Morgan fingerprint density at radius 1 is 1.06 bits per heavy atom. The average Bonchev–Trinajstić information content (AvgIpc) is 3.26. The summed E-state index contributed by atoms with van der Waals surface area (Å²) in [6, 6.07) is 13.6. The van der Waals surface area contributed by atoms with Crippen molar-refractivity contribution in [3.05, 3.63) is 71.0 Å². The van der Waals surface area contributed by atoms with E-state index in [-0.39, 0.29) is 30.2 Å². The van der Waals surface area contributed by atoms with Gasteiger partial charge in [-0.1, -0.05) is 35.5 Å². The molecule has 0 saturated carbocycles. The molecule has 2 N–H and O–H groups in total. The van der Waals surface area contributed by atoms with Crippen molar-refractivity contribution in [1.29, 1.82) is 0 Å². The van der Waals surface area contributed by atoms with Gasteiger partial charge in [0.2, 0.25) is 5.91 Å². The molecule has 0 spiro atoms. The fraction of sp³-hybridized carbons (Fsp3) is 0.320. The first-order valence-electron chi connectivity index (χ1n) is 11.3. The maximum Gasteiger partial charge on any atom is 0.338 e. The second-order valence-electron chi connectivity index (χ2n) is 7.79. The monoisotopic (exact) mass is 495 g/mol. The van der Waals surface area contributed by atoms with Crippen LogP contribution in [0.1, 0.15) is 58.9 Å². The number of ether oxygens (including phenoxy) is 1. The van der Waals surface area contributed by atoms with Gasteiger partial charge < -0.3 is 19.9 Å². The summed E-state index contributed by atoms with van der Waals surface area (Å²) < 4.78 is 6.87. The first-order valence-corrected chi connectivity index (χ1v) is 12.3. The zero-order valence-corrected chi connectivity index (χ0v) is 21.0. The Labute approximate surface area is 208 Å². The van der Waals surface area contributed by atoms with Crippen LogP contribution in [0.15, 0.2) is 53.7 Å². The van der Waals surface area contributed by atoms with Gasteiger partial charge in [0, 0.05) is 17.8 Å². The number of carbonyl (C=O) groups is 3. The molecule has 0 radical (unpaired) electrons. The standard InChI is InChI=1S/C25H29N5O4S/c1-5-30-22(17(4)26-23(32)18-10-7-9-16(3)13-18)28-29-25(30)35-15-21(31)27-20-12-8-11-19(14-20)24(33)34-6-2/h7-14,17H,5-6,15H2,1-4H3,(H,26,32)(H,27,31)/t17-/m0/s1. The summed E-state index contributed by atoms with van der Waals surface area (Å²) in [4.78, 5) is 37.0. The fourth-order valence-corrected chi connectivity index (χ4v) is 4.23. The molecule has 0 unspecified atom stereocenters. The Morgan fingerprint density at radius 3 is 2.51 bits per heavy atom. The molecule has 1 atom stereocenters. The third-order valence-corrected chi connectivity index (χ3v) is 6.03. The van der Waals surface area contributed by atoms with Gasteiger partial charge in [-0.2, -0.15) is 0 Å². The molecule has 10 heteroatoms. The van der Waals surface area contributed by atoms with E-state index in [1.807, 2.05) is 43.5 Å². The Balaban J connectivity index is 1.61. The Bertz CT molecular complexity index is 1210. The maximum atomic E-state index is 12.6. The Kier molecular flexibility index (Phi) is 9.02. The van der Waals surface area contributed by atoms with Crippen LogP contribution < -0.4 is 10.6 Å². The number of anilines is 1. The van der Waals surface area contributed by atoms with Gasteiger partial charge in [-0.15, -0.1) is 10.2 Å². The summed E-state index contributed by atoms with van der Waals surface area (Å²) in [5.41, 5.74) is 2.46. The number of hydrogen-bond donors (Lipinski definition) is 2. The minimum Gasteiger partial charge on any atom is -0.462 e. The fourth-order valence-electron chi connectivity index (χ4n) is 3.42. The van der Waals surface area contributed by atoms with Gasteiger partial charge in [0.05, 0.1) is 24.0 Å². The van der Waals surface area contributed by atoms with Crippen LogP contribution in [0.25, 0.3) is 0 Å². The van der Waals surface area contributed by atoms with Crippen LogP contribution in [0.5, 0.6) is 0 Å². The van der Waals surface area contributed by atoms with E-state index in [4.69, 9.17) is 4.74 Å². The summed E-state index contributed by atoms with van der Waals surface area (Å²) in [5, 5.41) is 14.8. The van der Waals surface area contributed by atoms with E-state index in [1.165, 1.54) is 11.8 Å². The van der Waals surface area contributed by atoms with E-state index in [0.29, 0.717) is 34.3 Å². The van der Waals surface area contributed by atoms with Crippen molar-refractivity contribution in [1.82, 2.24) is 20.1 Å². The normalized spacial score (nSPS) is 11.5. The molecule has 3 aromatic rings. The number of amides is 2. The number of benzene rings is 2. The molecular weight excluding hydrogens is 466 g/mol. The quantitative estimate of drug-likeness (QED) is 0.323. The number of carbonyl (C=O) groups excluding carboxylic acids is 3. The second-order valence-corrected chi connectivity index (χ2v) is 8.73. The largest absolute Gasteiger partial charge is 0.462 e. The van der Waals surface area contributed by atoms with Crippen LogP contribution in [-0.4, -0.2) is 44.9 Å². The predicted octanol–water partition coefficient (Wildman–Crippen LogP) is 4.00. The third kappa shape index (κ3) is 6.92. The van der Waals surface area contributed by atoms with Crippen LogP contribution in [0.3, 0.4) is 0 Å². The van der Waals surface area contributed by atoms with Gasteiger partial charge >= 0.3 is 5.97 Å². The molecule has 0 aliphatic heterocycles. The Morgan fingerprint density at radius 2 is 1.80 bits per heavy atom. The van der Waals surface area contributed by atoms with Crippen molar-refractivity contribution in [3.63, 3.8) is 0 Å². The minimum atomic E-state index is -0.440. The molecule has 3 rings (SSSR count). The van der Waals surface area contributed by atoms with E-state index < -0.39 is 5.97 Å². The van der Waals surface area contributed by atoms with Crippen molar-refractivity contribution in [2.75, 3.05) is 17.7 Å². The molecule has 0 aliphatic carbocycles. The van der Waals surface area contributed by atoms with Gasteiger partial charge in [0.15, 0.2) is 11.0 Å².